The van der Waals surface area contributed by atoms with E-state index in [1.54, 1.807) is 0 Å². The van der Waals surface area contributed by atoms with Crippen molar-refractivity contribution >= 4 is 0 Å². The first kappa shape index (κ1) is 8.79. The van der Waals surface area contributed by atoms with Crippen molar-refractivity contribution in [3.8, 4) is 0 Å². The van der Waals surface area contributed by atoms with Gasteiger partial charge in [0.15, 0.2) is 0 Å². The zero-order valence-electron chi connectivity index (χ0n) is 7.72. The molecular weight excluding hydrogens is 136 g/mol. The summed E-state index contributed by atoms with van der Waals surface area (Å²) in [5, 5.41) is 9.08. The minimum Gasteiger partial charge on any atom is -0.395 e. The molecule has 1 rings (SSSR count). The van der Waals surface area contributed by atoms with Gasteiger partial charge in [-0.25, -0.2) is 0 Å². The molecule has 0 saturated heterocycles. The fraction of sp³-hybridized carbons (Fsp3) is 0.800. The number of hydrogen-bond donors (Lipinski definition) is 1. The van der Waals surface area contributed by atoms with Gasteiger partial charge in [-0.2, -0.15) is 0 Å². The molecule has 0 unspecified atom stereocenters. The standard InChI is InChI=1S/C10H18O/c1-8(2)9-4-5-10(3,6-9)7-11/h6,8,11H,4-5,7H2,1-3H3/t10-/m0/s1. The van der Waals surface area contributed by atoms with E-state index in [0.717, 1.165) is 6.42 Å². The largest absolute Gasteiger partial charge is 0.395 e. The van der Waals surface area contributed by atoms with E-state index < -0.39 is 0 Å². The maximum Gasteiger partial charge on any atom is 0.0519 e. The Labute approximate surface area is 69.1 Å². The van der Waals surface area contributed by atoms with Crippen molar-refractivity contribution in [2.45, 2.75) is 33.6 Å². The van der Waals surface area contributed by atoms with Crippen molar-refractivity contribution in [2.24, 2.45) is 11.3 Å². The monoisotopic (exact) mass is 154 g/mol. The number of aliphatic hydroxyl groups excluding tert-OH is 1. The molecule has 1 N–H and O–H groups in total. The smallest absolute Gasteiger partial charge is 0.0519 e. The van der Waals surface area contributed by atoms with Crippen molar-refractivity contribution in [3.63, 3.8) is 0 Å². The maximum atomic E-state index is 9.08. The average Bonchev–Trinajstić information content (AvgIpc) is 2.33. The highest BCUT2D eigenvalue weighted by atomic mass is 16.3. The average molecular weight is 154 g/mol. The topological polar surface area (TPSA) is 20.2 Å². The summed E-state index contributed by atoms with van der Waals surface area (Å²) in [4.78, 5) is 0. The highest BCUT2D eigenvalue weighted by Gasteiger charge is 2.27. The normalized spacial score (nSPS) is 31.2. The Hall–Kier alpha value is -0.300. The molecule has 0 aromatic rings. The quantitative estimate of drug-likeness (QED) is 0.605. The van der Waals surface area contributed by atoms with Crippen molar-refractivity contribution in [1.82, 2.24) is 0 Å². The van der Waals surface area contributed by atoms with Crippen LogP contribution in [-0.2, 0) is 0 Å². The third-order valence-corrected chi connectivity index (χ3v) is 2.62. The summed E-state index contributed by atoms with van der Waals surface area (Å²) in [5.41, 5.74) is 1.60. The highest BCUT2D eigenvalue weighted by molar-refractivity contribution is 5.17. The van der Waals surface area contributed by atoms with E-state index in [9.17, 15) is 0 Å². The van der Waals surface area contributed by atoms with E-state index in [1.807, 2.05) is 0 Å². The van der Waals surface area contributed by atoms with Crippen LogP contribution in [0, 0.1) is 11.3 Å². The van der Waals surface area contributed by atoms with Gasteiger partial charge < -0.3 is 5.11 Å². The van der Waals surface area contributed by atoms with Crippen molar-refractivity contribution in [2.75, 3.05) is 6.61 Å². The molecule has 1 heteroatoms. The Bertz CT molecular complexity index is 170. The Kier molecular flexibility index (Phi) is 2.38. The van der Waals surface area contributed by atoms with Gasteiger partial charge in [0.2, 0.25) is 0 Å². The first-order valence-electron chi connectivity index (χ1n) is 4.40. The molecule has 1 aliphatic carbocycles. The molecule has 1 atom stereocenters. The molecule has 1 aliphatic rings. The zero-order valence-corrected chi connectivity index (χ0v) is 7.72. The second-order valence-corrected chi connectivity index (χ2v) is 4.19. The number of rotatable bonds is 2. The molecular formula is C10H18O. The number of allylic oxidation sites excluding steroid dienone is 1. The molecule has 0 bridgehead atoms. The third-order valence-electron chi connectivity index (χ3n) is 2.62. The third kappa shape index (κ3) is 1.84. The molecule has 0 spiro atoms. The van der Waals surface area contributed by atoms with E-state index in [2.05, 4.69) is 26.8 Å². The second-order valence-electron chi connectivity index (χ2n) is 4.19. The van der Waals surface area contributed by atoms with Crippen LogP contribution in [0.4, 0.5) is 0 Å². The van der Waals surface area contributed by atoms with Crippen LogP contribution in [0.2, 0.25) is 0 Å². The first-order chi connectivity index (χ1) is 5.07. The second kappa shape index (κ2) is 2.98. The molecule has 0 aromatic carbocycles. The van der Waals surface area contributed by atoms with Crippen LogP contribution >= 0.6 is 0 Å². The fourth-order valence-electron chi connectivity index (χ4n) is 1.60. The van der Waals surface area contributed by atoms with E-state index in [1.165, 1.54) is 12.0 Å². The van der Waals surface area contributed by atoms with Gasteiger partial charge in [0.25, 0.3) is 0 Å². The summed E-state index contributed by atoms with van der Waals surface area (Å²) in [6.45, 7) is 6.86. The maximum absolute atomic E-state index is 9.08. The summed E-state index contributed by atoms with van der Waals surface area (Å²) in [5.74, 6) is 0.656. The fourth-order valence-corrected chi connectivity index (χ4v) is 1.60. The van der Waals surface area contributed by atoms with Gasteiger partial charge in [0.05, 0.1) is 6.61 Å². The Morgan fingerprint density at radius 3 is 2.55 bits per heavy atom. The SMILES string of the molecule is CC(C)C1=C[C@@](C)(CO)CC1. The van der Waals surface area contributed by atoms with Gasteiger partial charge in [0, 0.05) is 5.41 Å². The summed E-state index contributed by atoms with van der Waals surface area (Å²) >= 11 is 0. The lowest BCUT2D eigenvalue weighted by Crippen LogP contribution is -2.14. The lowest BCUT2D eigenvalue weighted by molar-refractivity contribution is 0.183. The predicted octanol–water partition coefficient (Wildman–Crippen LogP) is 2.36. The molecule has 11 heavy (non-hydrogen) atoms. The molecule has 64 valence electrons. The summed E-state index contributed by atoms with van der Waals surface area (Å²) in [7, 11) is 0. The van der Waals surface area contributed by atoms with E-state index in [4.69, 9.17) is 5.11 Å². The molecule has 0 saturated carbocycles. The Morgan fingerprint density at radius 1 is 1.64 bits per heavy atom. The van der Waals surface area contributed by atoms with Crippen LogP contribution in [0.25, 0.3) is 0 Å². The van der Waals surface area contributed by atoms with Gasteiger partial charge in [-0.15, -0.1) is 0 Å². The molecule has 0 radical (unpaired) electrons. The van der Waals surface area contributed by atoms with Gasteiger partial charge in [0.1, 0.15) is 0 Å². The minimum atomic E-state index is 0.0829. The van der Waals surface area contributed by atoms with Gasteiger partial charge in [-0.3, -0.25) is 0 Å². The van der Waals surface area contributed by atoms with Crippen molar-refractivity contribution in [3.05, 3.63) is 11.6 Å². The van der Waals surface area contributed by atoms with Crippen LogP contribution in [0.1, 0.15) is 33.6 Å². The minimum absolute atomic E-state index is 0.0829. The van der Waals surface area contributed by atoms with E-state index in [-0.39, 0.29) is 5.41 Å². The van der Waals surface area contributed by atoms with Gasteiger partial charge in [-0.1, -0.05) is 32.4 Å². The van der Waals surface area contributed by atoms with Crippen LogP contribution < -0.4 is 0 Å². The number of hydrogen-bond acceptors (Lipinski definition) is 1. The number of aliphatic hydroxyl groups is 1. The highest BCUT2D eigenvalue weighted by Crippen LogP contribution is 2.37. The zero-order chi connectivity index (χ0) is 8.48. The predicted molar refractivity (Wildman–Crippen MR) is 47.3 cm³/mol. The summed E-state index contributed by atoms with van der Waals surface area (Å²) in [6.07, 6.45) is 4.56. The van der Waals surface area contributed by atoms with Gasteiger partial charge in [-0.05, 0) is 18.8 Å². The van der Waals surface area contributed by atoms with Crippen LogP contribution in [0.15, 0.2) is 11.6 Å². The molecule has 0 aliphatic heterocycles. The molecule has 0 heterocycles. The van der Waals surface area contributed by atoms with E-state index >= 15 is 0 Å². The summed E-state index contributed by atoms with van der Waals surface area (Å²) in [6, 6.07) is 0. The molecule has 0 amide bonds. The lowest BCUT2D eigenvalue weighted by atomic mass is 9.92. The Morgan fingerprint density at radius 2 is 2.27 bits per heavy atom. The van der Waals surface area contributed by atoms with E-state index in [0.29, 0.717) is 12.5 Å². The Balaban J connectivity index is 2.67. The van der Waals surface area contributed by atoms with Crippen molar-refractivity contribution in [1.29, 1.82) is 0 Å². The summed E-state index contributed by atoms with van der Waals surface area (Å²) < 4.78 is 0. The van der Waals surface area contributed by atoms with Crippen molar-refractivity contribution < 1.29 is 5.11 Å². The van der Waals surface area contributed by atoms with Crippen LogP contribution in [0.5, 0.6) is 0 Å². The lowest BCUT2D eigenvalue weighted by Gasteiger charge is -2.16. The van der Waals surface area contributed by atoms with Crippen LogP contribution in [0.3, 0.4) is 0 Å². The molecule has 0 fully saturated rings. The molecule has 0 aromatic heterocycles. The van der Waals surface area contributed by atoms with Crippen LogP contribution in [-0.4, -0.2) is 11.7 Å². The van der Waals surface area contributed by atoms with Gasteiger partial charge >= 0.3 is 0 Å². The molecule has 1 nitrogen and oxygen atoms in total. The first-order valence-corrected chi connectivity index (χ1v) is 4.40.